The fraction of sp³-hybridized carbons (Fsp3) is 0.440. The predicted octanol–water partition coefficient (Wildman–Crippen LogP) is 2.92. The molecule has 0 spiro atoms. The van der Waals surface area contributed by atoms with Crippen molar-refractivity contribution >= 4 is 21.8 Å². The lowest BCUT2D eigenvalue weighted by molar-refractivity contribution is -0.131. The second-order valence-electron chi connectivity index (χ2n) is 8.73. The van der Waals surface area contributed by atoms with Gasteiger partial charge in [0.1, 0.15) is 6.04 Å². The van der Waals surface area contributed by atoms with Gasteiger partial charge in [-0.3, -0.25) is 9.59 Å². The van der Waals surface area contributed by atoms with Crippen molar-refractivity contribution in [3.05, 3.63) is 64.2 Å². The first-order valence-corrected chi connectivity index (χ1v) is 12.7. The van der Waals surface area contributed by atoms with Gasteiger partial charge in [-0.15, -0.1) is 0 Å². The van der Waals surface area contributed by atoms with Gasteiger partial charge in [-0.25, -0.2) is 8.42 Å². The Balaban J connectivity index is 1.73. The van der Waals surface area contributed by atoms with E-state index in [1.54, 1.807) is 12.1 Å². The fourth-order valence-electron chi connectivity index (χ4n) is 4.41. The summed E-state index contributed by atoms with van der Waals surface area (Å²) in [5.74, 6) is -0.882. The Morgan fingerprint density at radius 3 is 2.03 bits per heavy atom. The zero-order valence-electron chi connectivity index (χ0n) is 19.9. The minimum atomic E-state index is -3.66. The maximum atomic E-state index is 13.5. The molecule has 1 aliphatic rings. The molecule has 2 amide bonds. The molecule has 0 bridgehead atoms. The molecule has 1 fully saturated rings. The molecule has 2 N–H and O–H groups in total. The Hall–Kier alpha value is -2.71. The minimum absolute atomic E-state index is 0.233. The van der Waals surface area contributed by atoms with E-state index in [1.165, 1.54) is 11.4 Å². The van der Waals surface area contributed by atoms with Crippen LogP contribution in [0.3, 0.4) is 0 Å². The SMILES string of the molecule is CNC(=O)[C@@H](NC(=O)C1CCN(S(=O)(=O)c2c(C)c(C)cc(C)c2C)CC1)c1ccccc1. The van der Waals surface area contributed by atoms with Crippen molar-refractivity contribution in [3.8, 4) is 0 Å². The molecule has 3 rings (SSSR count). The number of likely N-dealkylation sites (N-methyl/N-ethyl adjacent to an activating group) is 1. The van der Waals surface area contributed by atoms with Crippen LogP contribution in [0.15, 0.2) is 41.3 Å². The fourth-order valence-corrected chi connectivity index (χ4v) is 6.45. The summed E-state index contributed by atoms with van der Waals surface area (Å²) in [6, 6.07) is 10.3. The summed E-state index contributed by atoms with van der Waals surface area (Å²) in [6.45, 7) is 8.07. The molecule has 1 aliphatic heterocycles. The van der Waals surface area contributed by atoms with E-state index in [0.717, 1.165) is 22.3 Å². The third-order valence-electron chi connectivity index (χ3n) is 6.65. The molecule has 0 radical (unpaired) electrons. The molecule has 178 valence electrons. The Morgan fingerprint density at radius 2 is 1.52 bits per heavy atom. The number of nitrogens with one attached hydrogen (secondary N) is 2. The van der Waals surface area contributed by atoms with E-state index in [-0.39, 0.29) is 30.8 Å². The molecule has 2 aromatic carbocycles. The van der Waals surface area contributed by atoms with E-state index in [0.29, 0.717) is 23.3 Å². The molecule has 7 nitrogen and oxygen atoms in total. The molecule has 0 unspecified atom stereocenters. The van der Waals surface area contributed by atoms with Crippen molar-refractivity contribution in [2.24, 2.45) is 5.92 Å². The molecule has 0 saturated carbocycles. The molecule has 1 heterocycles. The first-order chi connectivity index (χ1) is 15.6. The van der Waals surface area contributed by atoms with Crippen LogP contribution >= 0.6 is 0 Å². The lowest BCUT2D eigenvalue weighted by Gasteiger charge is -2.32. The number of piperidine rings is 1. The Kier molecular flexibility index (Phi) is 7.59. The van der Waals surface area contributed by atoms with Crippen LogP contribution in [-0.2, 0) is 19.6 Å². The first kappa shape index (κ1) is 24.9. The molecule has 1 saturated heterocycles. The molecule has 2 aromatic rings. The van der Waals surface area contributed by atoms with Gasteiger partial charge in [-0.2, -0.15) is 4.31 Å². The van der Waals surface area contributed by atoms with Gasteiger partial charge in [-0.05, 0) is 68.4 Å². The third-order valence-corrected chi connectivity index (χ3v) is 8.82. The second kappa shape index (κ2) is 10.1. The van der Waals surface area contributed by atoms with Crippen LogP contribution in [0.4, 0.5) is 0 Å². The van der Waals surface area contributed by atoms with E-state index < -0.39 is 16.1 Å². The third kappa shape index (κ3) is 5.12. The van der Waals surface area contributed by atoms with Crippen LogP contribution in [0, 0.1) is 33.6 Å². The molecule has 0 aliphatic carbocycles. The van der Waals surface area contributed by atoms with Crippen LogP contribution in [0.5, 0.6) is 0 Å². The zero-order chi connectivity index (χ0) is 24.3. The van der Waals surface area contributed by atoms with Crippen LogP contribution in [0.2, 0.25) is 0 Å². The van der Waals surface area contributed by atoms with E-state index in [9.17, 15) is 18.0 Å². The van der Waals surface area contributed by atoms with Gasteiger partial charge >= 0.3 is 0 Å². The van der Waals surface area contributed by atoms with Crippen molar-refractivity contribution in [1.82, 2.24) is 14.9 Å². The molecule has 8 heteroatoms. The summed E-state index contributed by atoms with van der Waals surface area (Å²) >= 11 is 0. The van der Waals surface area contributed by atoms with Crippen molar-refractivity contribution in [2.45, 2.75) is 51.5 Å². The van der Waals surface area contributed by atoms with Crippen molar-refractivity contribution in [2.75, 3.05) is 20.1 Å². The standard InChI is InChI=1S/C25H33N3O4S/c1-16-15-17(2)19(4)23(18(16)3)33(31,32)28-13-11-21(12-14-28)24(29)27-22(25(30)26-5)20-9-7-6-8-10-20/h6-10,15,21-22H,11-14H2,1-5H3,(H,26,30)(H,27,29)/t22-/m0/s1. The summed E-state index contributed by atoms with van der Waals surface area (Å²) in [6.07, 6.45) is 0.812. The van der Waals surface area contributed by atoms with Gasteiger partial charge in [0.25, 0.3) is 0 Å². The molecular formula is C25H33N3O4S. The van der Waals surface area contributed by atoms with Crippen LogP contribution in [-0.4, -0.2) is 44.7 Å². The van der Waals surface area contributed by atoms with Gasteiger partial charge in [-0.1, -0.05) is 36.4 Å². The highest BCUT2D eigenvalue weighted by atomic mass is 32.2. The lowest BCUT2D eigenvalue weighted by Crippen LogP contribution is -2.46. The summed E-state index contributed by atoms with van der Waals surface area (Å²) in [4.78, 5) is 25.7. The summed E-state index contributed by atoms with van der Waals surface area (Å²) in [5, 5.41) is 5.45. The number of aryl methyl sites for hydroxylation is 2. The number of rotatable bonds is 6. The van der Waals surface area contributed by atoms with Gasteiger partial charge in [0.15, 0.2) is 0 Å². The molecule has 1 atom stereocenters. The number of carbonyl (C=O) groups excluding carboxylic acids is 2. The average Bonchev–Trinajstić information content (AvgIpc) is 2.81. The number of hydrogen-bond donors (Lipinski definition) is 2. The molecular weight excluding hydrogens is 438 g/mol. The lowest BCUT2D eigenvalue weighted by atomic mass is 9.96. The Morgan fingerprint density at radius 1 is 0.970 bits per heavy atom. The van der Waals surface area contributed by atoms with Crippen molar-refractivity contribution in [1.29, 1.82) is 0 Å². The number of nitrogens with zero attached hydrogens (tertiary/aromatic N) is 1. The van der Waals surface area contributed by atoms with Gasteiger partial charge in [0.2, 0.25) is 21.8 Å². The van der Waals surface area contributed by atoms with Crippen LogP contribution < -0.4 is 10.6 Å². The highest BCUT2D eigenvalue weighted by Gasteiger charge is 2.35. The number of benzene rings is 2. The minimum Gasteiger partial charge on any atom is -0.357 e. The van der Waals surface area contributed by atoms with Gasteiger partial charge < -0.3 is 10.6 Å². The Bertz CT molecular complexity index is 1110. The van der Waals surface area contributed by atoms with Crippen molar-refractivity contribution in [3.63, 3.8) is 0 Å². The van der Waals surface area contributed by atoms with Crippen LogP contribution in [0.1, 0.15) is 46.7 Å². The topological polar surface area (TPSA) is 95.6 Å². The Labute approximate surface area is 196 Å². The van der Waals surface area contributed by atoms with E-state index in [2.05, 4.69) is 10.6 Å². The number of hydrogen-bond acceptors (Lipinski definition) is 4. The number of amides is 2. The maximum absolute atomic E-state index is 13.5. The number of sulfonamides is 1. The normalized spacial score (nSPS) is 16.3. The summed E-state index contributed by atoms with van der Waals surface area (Å²) in [7, 11) is -2.13. The number of carbonyl (C=O) groups is 2. The van der Waals surface area contributed by atoms with E-state index in [4.69, 9.17) is 0 Å². The maximum Gasteiger partial charge on any atom is 0.246 e. The zero-order valence-corrected chi connectivity index (χ0v) is 20.8. The summed E-state index contributed by atoms with van der Waals surface area (Å²) < 4.78 is 28.4. The largest absolute Gasteiger partial charge is 0.357 e. The highest BCUT2D eigenvalue weighted by molar-refractivity contribution is 7.89. The second-order valence-corrected chi connectivity index (χ2v) is 10.6. The van der Waals surface area contributed by atoms with Crippen LogP contribution in [0.25, 0.3) is 0 Å². The van der Waals surface area contributed by atoms with Gasteiger partial charge in [0, 0.05) is 26.1 Å². The van der Waals surface area contributed by atoms with Gasteiger partial charge in [0.05, 0.1) is 4.90 Å². The van der Waals surface area contributed by atoms with E-state index in [1.807, 2.05) is 52.0 Å². The quantitative estimate of drug-likeness (QED) is 0.677. The van der Waals surface area contributed by atoms with E-state index >= 15 is 0 Å². The highest BCUT2D eigenvalue weighted by Crippen LogP contribution is 2.31. The summed E-state index contributed by atoms with van der Waals surface area (Å²) in [5.41, 5.74) is 4.15. The monoisotopic (exact) mass is 471 g/mol. The predicted molar refractivity (Wildman–Crippen MR) is 128 cm³/mol. The smallest absolute Gasteiger partial charge is 0.246 e. The van der Waals surface area contributed by atoms with Crippen molar-refractivity contribution < 1.29 is 18.0 Å². The molecule has 33 heavy (non-hydrogen) atoms. The first-order valence-electron chi connectivity index (χ1n) is 11.2. The molecule has 0 aromatic heterocycles. The average molecular weight is 472 g/mol.